The van der Waals surface area contributed by atoms with Crippen molar-refractivity contribution in [2.75, 3.05) is 6.61 Å². The molecule has 1 aliphatic rings. The lowest BCUT2D eigenvalue weighted by molar-refractivity contribution is 0.301. The minimum Gasteiger partial charge on any atom is -0.493 e. The number of benzene rings is 1. The summed E-state index contributed by atoms with van der Waals surface area (Å²) in [6.07, 6.45) is 4.14. The normalized spacial score (nSPS) is 14.6. The van der Waals surface area contributed by atoms with E-state index in [0.29, 0.717) is 18.1 Å². The largest absolute Gasteiger partial charge is 0.493 e. The molecule has 0 N–H and O–H groups in total. The second kappa shape index (κ2) is 6.70. The summed E-state index contributed by atoms with van der Waals surface area (Å²) in [5.74, 6) is 0.712. The van der Waals surface area contributed by atoms with Gasteiger partial charge in [-0.15, -0.1) is 0 Å². The lowest BCUT2D eigenvalue weighted by Gasteiger charge is -2.14. The molecule has 1 aromatic heterocycles. The maximum absolute atomic E-state index is 13.9. The van der Waals surface area contributed by atoms with E-state index in [4.69, 9.17) is 4.74 Å². The zero-order chi connectivity index (χ0) is 16.4. The molecule has 0 saturated heterocycles. The number of aryl methyl sites for hydroxylation is 1. The Morgan fingerprint density at radius 2 is 2.13 bits per heavy atom. The van der Waals surface area contributed by atoms with Crippen LogP contribution in [0.5, 0.6) is 5.75 Å². The minimum atomic E-state index is -0.726. The van der Waals surface area contributed by atoms with E-state index in [2.05, 4.69) is 19.1 Å². The highest BCUT2D eigenvalue weighted by Crippen LogP contribution is 2.33. The van der Waals surface area contributed by atoms with E-state index in [1.54, 1.807) is 13.2 Å². The molecule has 1 aromatic carbocycles. The molecule has 1 fully saturated rings. The Bertz CT molecular complexity index is 742. The van der Waals surface area contributed by atoms with Gasteiger partial charge in [-0.3, -0.25) is 4.79 Å². The molecular formula is C18H22FNO2Si. The van der Waals surface area contributed by atoms with Gasteiger partial charge in [0.1, 0.15) is 5.75 Å². The molecule has 0 radical (unpaired) electrons. The predicted molar refractivity (Wildman–Crippen MR) is 94.0 cm³/mol. The summed E-state index contributed by atoms with van der Waals surface area (Å²) in [6.45, 7) is 2.90. The fourth-order valence-electron chi connectivity index (χ4n) is 2.68. The van der Waals surface area contributed by atoms with Crippen molar-refractivity contribution in [2.45, 2.75) is 25.8 Å². The zero-order valence-corrected chi connectivity index (χ0v) is 15.1. The third-order valence-electron chi connectivity index (χ3n) is 4.20. The summed E-state index contributed by atoms with van der Waals surface area (Å²) in [5.41, 5.74) is 0.981. The van der Waals surface area contributed by atoms with Crippen LogP contribution in [-0.2, 0) is 7.05 Å². The van der Waals surface area contributed by atoms with Gasteiger partial charge in [0.2, 0.25) is 0 Å². The zero-order valence-electron chi connectivity index (χ0n) is 13.6. The van der Waals surface area contributed by atoms with E-state index in [1.807, 2.05) is 6.07 Å². The Labute approximate surface area is 137 Å². The smallest absolute Gasteiger partial charge is 0.286 e. The van der Waals surface area contributed by atoms with Gasteiger partial charge in [-0.1, -0.05) is 30.3 Å². The van der Waals surface area contributed by atoms with Crippen LogP contribution in [0.2, 0.25) is 6.04 Å². The quantitative estimate of drug-likeness (QED) is 0.760. The van der Waals surface area contributed by atoms with Gasteiger partial charge >= 0.3 is 0 Å². The molecule has 1 saturated carbocycles. The standard InChI is InChI=1S/C18H22FNO2Si/c1-3-23-14-6-7-17(22-11-12-4-5-12)15(9-14)13-8-16(19)18(21)20(2)10-13/h6-10,12H,3-5,11,23H2,1-2H3. The Morgan fingerprint density at radius 1 is 1.35 bits per heavy atom. The van der Waals surface area contributed by atoms with E-state index in [-0.39, 0.29) is 9.52 Å². The van der Waals surface area contributed by atoms with Crippen molar-refractivity contribution in [1.82, 2.24) is 4.57 Å². The Balaban J connectivity index is 2.02. The number of ether oxygens (including phenoxy) is 1. The lowest BCUT2D eigenvalue weighted by Crippen LogP contribution is -2.20. The van der Waals surface area contributed by atoms with E-state index >= 15 is 0 Å². The van der Waals surface area contributed by atoms with Crippen LogP contribution in [0.4, 0.5) is 4.39 Å². The molecule has 5 heteroatoms. The van der Waals surface area contributed by atoms with Crippen molar-refractivity contribution >= 4 is 14.7 Å². The van der Waals surface area contributed by atoms with Gasteiger partial charge in [0.05, 0.1) is 16.1 Å². The van der Waals surface area contributed by atoms with Crippen molar-refractivity contribution in [1.29, 1.82) is 0 Å². The van der Waals surface area contributed by atoms with E-state index in [1.165, 1.54) is 34.7 Å². The fraction of sp³-hybridized carbons (Fsp3) is 0.389. The van der Waals surface area contributed by atoms with Gasteiger partial charge in [0.15, 0.2) is 5.82 Å². The maximum atomic E-state index is 13.9. The number of hydrogen-bond donors (Lipinski definition) is 0. The van der Waals surface area contributed by atoms with Crippen molar-refractivity contribution in [3.05, 3.63) is 46.6 Å². The molecule has 0 aliphatic heterocycles. The van der Waals surface area contributed by atoms with Gasteiger partial charge in [-0.2, -0.15) is 0 Å². The summed E-state index contributed by atoms with van der Waals surface area (Å²) in [7, 11) is 1.27. The van der Waals surface area contributed by atoms with Gasteiger partial charge < -0.3 is 9.30 Å². The first-order valence-electron chi connectivity index (χ1n) is 8.20. The van der Waals surface area contributed by atoms with Gasteiger partial charge in [0, 0.05) is 24.4 Å². The second-order valence-electron chi connectivity index (χ2n) is 6.33. The number of halogens is 1. The molecular weight excluding hydrogens is 309 g/mol. The summed E-state index contributed by atoms with van der Waals surface area (Å²) in [5, 5.41) is 1.33. The van der Waals surface area contributed by atoms with E-state index in [0.717, 1.165) is 11.3 Å². The number of pyridine rings is 1. The van der Waals surface area contributed by atoms with E-state index < -0.39 is 11.4 Å². The molecule has 0 unspecified atom stereocenters. The molecule has 0 spiro atoms. The highest BCUT2D eigenvalue weighted by atomic mass is 28.2. The van der Waals surface area contributed by atoms with Crippen molar-refractivity contribution in [3.8, 4) is 16.9 Å². The fourth-order valence-corrected chi connectivity index (χ4v) is 3.89. The Morgan fingerprint density at radius 3 is 2.78 bits per heavy atom. The third-order valence-corrected chi connectivity index (χ3v) is 5.72. The molecule has 122 valence electrons. The molecule has 1 aliphatic carbocycles. The molecule has 2 aromatic rings. The van der Waals surface area contributed by atoms with E-state index in [9.17, 15) is 9.18 Å². The number of hydrogen-bond acceptors (Lipinski definition) is 2. The van der Waals surface area contributed by atoms with Crippen molar-refractivity contribution in [3.63, 3.8) is 0 Å². The molecule has 0 bridgehead atoms. The van der Waals surface area contributed by atoms with Crippen LogP contribution in [0.3, 0.4) is 0 Å². The average molecular weight is 331 g/mol. The molecule has 0 amide bonds. The van der Waals surface area contributed by atoms with Crippen LogP contribution in [0.25, 0.3) is 11.1 Å². The van der Waals surface area contributed by atoms with Crippen LogP contribution in [0.15, 0.2) is 35.3 Å². The Kier molecular flexibility index (Phi) is 4.66. The number of nitrogens with zero attached hydrogens (tertiary/aromatic N) is 1. The molecule has 1 heterocycles. The second-order valence-corrected chi connectivity index (χ2v) is 8.64. The Hall–Kier alpha value is -1.88. The lowest BCUT2D eigenvalue weighted by atomic mass is 10.1. The number of aromatic nitrogens is 1. The highest BCUT2D eigenvalue weighted by molar-refractivity contribution is 6.53. The summed E-state index contributed by atoms with van der Waals surface area (Å²) < 4.78 is 21.1. The topological polar surface area (TPSA) is 31.2 Å². The van der Waals surface area contributed by atoms with Crippen LogP contribution < -0.4 is 15.5 Å². The predicted octanol–water partition coefficient (Wildman–Crippen LogP) is 2.21. The monoisotopic (exact) mass is 331 g/mol. The SMILES string of the molecule is CC[SiH2]c1ccc(OCC2CC2)c(-c2cc(F)c(=O)n(C)c2)c1. The molecule has 3 nitrogen and oxygen atoms in total. The van der Waals surface area contributed by atoms with Crippen molar-refractivity contribution < 1.29 is 9.13 Å². The van der Waals surface area contributed by atoms with Gasteiger partial charge in [-0.25, -0.2) is 4.39 Å². The van der Waals surface area contributed by atoms with Crippen LogP contribution >= 0.6 is 0 Å². The minimum absolute atomic E-state index is 0.306. The van der Waals surface area contributed by atoms with Crippen LogP contribution in [0, 0.1) is 11.7 Å². The van der Waals surface area contributed by atoms with Crippen molar-refractivity contribution in [2.24, 2.45) is 13.0 Å². The molecule has 3 rings (SSSR count). The van der Waals surface area contributed by atoms with Crippen LogP contribution in [-0.4, -0.2) is 20.7 Å². The third kappa shape index (κ3) is 3.72. The van der Waals surface area contributed by atoms with Gasteiger partial charge in [0.25, 0.3) is 5.56 Å². The molecule has 23 heavy (non-hydrogen) atoms. The average Bonchev–Trinajstić information content (AvgIpc) is 3.35. The first-order chi connectivity index (χ1) is 11.1. The highest BCUT2D eigenvalue weighted by Gasteiger charge is 2.22. The maximum Gasteiger partial charge on any atom is 0.286 e. The first-order valence-corrected chi connectivity index (χ1v) is 9.91. The van der Waals surface area contributed by atoms with Crippen LogP contribution in [0.1, 0.15) is 19.8 Å². The first kappa shape index (κ1) is 16.0. The summed E-state index contributed by atoms with van der Waals surface area (Å²) in [6, 6.07) is 8.73. The van der Waals surface area contributed by atoms with Gasteiger partial charge in [-0.05, 0) is 30.9 Å². The number of rotatable bonds is 6. The summed E-state index contributed by atoms with van der Waals surface area (Å²) in [4.78, 5) is 11.6. The molecule has 0 atom stereocenters. The summed E-state index contributed by atoms with van der Waals surface area (Å²) >= 11 is 0.